The SMILES string of the molecule is Cc1ccc(S(=O)(=O)N2CCN(C3CC3)CC2Cc2ccccc2)cc1C. The fraction of sp³-hybridized carbons (Fsp3) is 0.455. The van der Waals surface area contributed by atoms with Crippen LogP contribution in [-0.4, -0.2) is 49.3 Å². The van der Waals surface area contributed by atoms with Crippen molar-refractivity contribution in [3.05, 3.63) is 65.2 Å². The third kappa shape index (κ3) is 3.96. The maximum atomic E-state index is 13.5. The van der Waals surface area contributed by atoms with Gasteiger partial charge >= 0.3 is 0 Å². The number of benzene rings is 2. The lowest BCUT2D eigenvalue weighted by atomic mass is 10.0. The van der Waals surface area contributed by atoms with E-state index >= 15 is 0 Å². The summed E-state index contributed by atoms with van der Waals surface area (Å²) in [6.45, 7) is 6.21. The van der Waals surface area contributed by atoms with Crippen molar-refractivity contribution in [3.8, 4) is 0 Å². The third-order valence-corrected chi connectivity index (χ3v) is 7.87. The van der Waals surface area contributed by atoms with E-state index in [1.54, 1.807) is 10.4 Å². The van der Waals surface area contributed by atoms with E-state index in [9.17, 15) is 8.42 Å². The summed E-state index contributed by atoms with van der Waals surface area (Å²) in [5, 5.41) is 0. The second-order valence-corrected chi connectivity index (χ2v) is 9.82. The summed E-state index contributed by atoms with van der Waals surface area (Å²) in [7, 11) is -3.49. The van der Waals surface area contributed by atoms with E-state index in [2.05, 4.69) is 17.0 Å². The molecule has 1 heterocycles. The zero-order valence-electron chi connectivity index (χ0n) is 16.1. The average molecular weight is 385 g/mol. The summed E-state index contributed by atoms with van der Waals surface area (Å²) >= 11 is 0. The van der Waals surface area contributed by atoms with Gasteiger partial charge in [0.15, 0.2) is 0 Å². The molecule has 5 heteroatoms. The maximum absolute atomic E-state index is 13.5. The number of rotatable bonds is 5. The van der Waals surface area contributed by atoms with Gasteiger partial charge in [0.2, 0.25) is 10.0 Å². The largest absolute Gasteiger partial charge is 0.297 e. The molecule has 0 radical (unpaired) electrons. The van der Waals surface area contributed by atoms with Gasteiger partial charge in [-0.1, -0.05) is 36.4 Å². The molecule has 0 bridgehead atoms. The molecule has 1 saturated carbocycles. The molecule has 0 N–H and O–H groups in total. The van der Waals surface area contributed by atoms with E-state index in [4.69, 9.17) is 0 Å². The molecule has 4 nitrogen and oxygen atoms in total. The smallest absolute Gasteiger partial charge is 0.243 e. The van der Waals surface area contributed by atoms with Crippen LogP contribution in [0.15, 0.2) is 53.4 Å². The van der Waals surface area contributed by atoms with Gasteiger partial charge in [-0.25, -0.2) is 8.42 Å². The predicted octanol–water partition coefficient (Wildman–Crippen LogP) is 3.38. The van der Waals surface area contributed by atoms with E-state index in [1.165, 1.54) is 18.4 Å². The van der Waals surface area contributed by atoms with Crippen molar-refractivity contribution in [3.63, 3.8) is 0 Å². The molecule has 1 atom stereocenters. The lowest BCUT2D eigenvalue weighted by Crippen LogP contribution is -2.56. The Balaban J connectivity index is 1.63. The Bertz CT molecular complexity index is 907. The number of sulfonamides is 1. The van der Waals surface area contributed by atoms with Crippen LogP contribution in [0.3, 0.4) is 0 Å². The minimum absolute atomic E-state index is 0.0200. The number of nitrogens with zero attached hydrogens (tertiary/aromatic N) is 2. The molecule has 0 aromatic heterocycles. The highest BCUT2D eigenvalue weighted by molar-refractivity contribution is 7.89. The summed E-state index contributed by atoms with van der Waals surface area (Å²) in [6, 6.07) is 16.4. The van der Waals surface area contributed by atoms with E-state index < -0.39 is 10.0 Å². The number of hydrogen-bond acceptors (Lipinski definition) is 3. The topological polar surface area (TPSA) is 40.6 Å². The first kappa shape index (κ1) is 18.7. The van der Waals surface area contributed by atoms with Crippen molar-refractivity contribution in [1.82, 2.24) is 9.21 Å². The quantitative estimate of drug-likeness (QED) is 0.793. The minimum atomic E-state index is -3.49. The van der Waals surface area contributed by atoms with Crippen LogP contribution in [0.4, 0.5) is 0 Å². The Labute approximate surface area is 162 Å². The van der Waals surface area contributed by atoms with Crippen molar-refractivity contribution in [2.75, 3.05) is 19.6 Å². The first-order chi connectivity index (χ1) is 12.9. The van der Waals surface area contributed by atoms with Crippen molar-refractivity contribution in [2.24, 2.45) is 0 Å². The maximum Gasteiger partial charge on any atom is 0.243 e. The Kier molecular flexibility index (Phi) is 5.10. The van der Waals surface area contributed by atoms with Gasteiger partial charge in [-0.05, 0) is 61.9 Å². The predicted molar refractivity (Wildman–Crippen MR) is 108 cm³/mol. The highest BCUT2D eigenvalue weighted by atomic mass is 32.2. The van der Waals surface area contributed by atoms with Gasteiger partial charge in [0.25, 0.3) is 0 Å². The van der Waals surface area contributed by atoms with Crippen LogP contribution >= 0.6 is 0 Å². The highest BCUT2D eigenvalue weighted by Crippen LogP contribution is 2.32. The highest BCUT2D eigenvalue weighted by Gasteiger charge is 2.40. The zero-order valence-corrected chi connectivity index (χ0v) is 17.0. The Morgan fingerprint density at radius 1 is 0.963 bits per heavy atom. The molecule has 27 heavy (non-hydrogen) atoms. The van der Waals surface area contributed by atoms with Crippen LogP contribution < -0.4 is 0 Å². The van der Waals surface area contributed by atoms with Crippen LogP contribution in [0.25, 0.3) is 0 Å². The van der Waals surface area contributed by atoms with Crippen molar-refractivity contribution in [2.45, 2.75) is 50.1 Å². The van der Waals surface area contributed by atoms with Gasteiger partial charge in [0.1, 0.15) is 0 Å². The molecular formula is C22H28N2O2S. The van der Waals surface area contributed by atoms with Crippen LogP contribution in [0.2, 0.25) is 0 Å². The second-order valence-electron chi connectivity index (χ2n) is 7.93. The van der Waals surface area contributed by atoms with Crippen LogP contribution in [0.5, 0.6) is 0 Å². The fourth-order valence-electron chi connectivity index (χ4n) is 4.01. The standard InChI is InChI=1S/C22H28N2O2S/c1-17-8-11-22(14-18(17)2)27(25,26)24-13-12-23(20-9-10-20)16-21(24)15-19-6-4-3-5-7-19/h3-8,11,14,20-21H,9-10,12-13,15-16H2,1-2H3. The summed E-state index contributed by atoms with van der Waals surface area (Å²) < 4.78 is 28.7. The van der Waals surface area contributed by atoms with Gasteiger partial charge in [-0.2, -0.15) is 4.31 Å². The molecule has 0 amide bonds. The number of hydrogen-bond donors (Lipinski definition) is 0. The molecule has 2 aliphatic rings. The van der Waals surface area contributed by atoms with Crippen LogP contribution in [0.1, 0.15) is 29.5 Å². The molecule has 1 saturated heterocycles. The van der Waals surface area contributed by atoms with Gasteiger partial charge in [0, 0.05) is 31.7 Å². The Hall–Kier alpha value is -1.69. The molecule has 0 spiro atoms. The lowest BCUT2D eigenvalue weighted by molar-refractivity contribution is 0.128. The number of piperazine rings is 1. The van der Waals surface area contributed by atoms with E-state index in [-0.39, 0.29) is 6.04 Å². The first-order valence-corrected chi connectivity index (χ1v) is 11.3. The summed E-state index contributed by atoms with van der Waals surface area (Å²) in [5.74, 6) is 0. The summed E-state index contributed by atoms with van der Waals surface area (Å²) in [5.41, 5.74) is 3.33. The molecule has 1 aliphatic carbocycles. The van der Waals surface area contributed by atoms with Gasteiger partial charge in [-0.3, -0.25) is 4.90 Å². The Morgan fingerprint density at radius 2 is 1.70 bits per heavy atom. The van der Waals surface area contributed by atoms with Gasteiger partial charge < -0.3 is 0 Å². The van der Waals surface area contributed by atoms with Gasteiger partial charge in [0.05, 0.1) is 4.90 Å². The molecule has 2 aromatic carbocycles. The molecule has 1 unspecified atom stereocenters. The van der Waals surface area contributed by atoms with Crippen molar-refractivity contribution < 1.29 is 8.42 Å². The van der Waals surface area contributed by atoms with E-state index in [1.807, 2.05) is 44.2 Å². The van der Waals surface area contributed by atoms with Crippen LogP contribution in [0, 0.1) is 13.8 Å². The second kappa shape index (κ2) is 7.38. The van der Waals surface area contributed by atoms with E-state index in [0.29, 0.717) is 17.5 Å². The van der Waals surface area contributed by atoms with E-state index in [0.717, 1.165) is 30.6 Å². The lowest BCUT2D eigenvalue weighted by Gasteiger charge is -2.41. The molecule has 144 valence electrons. The van der Waals surface area contributed by atoms with Crippen molar-refractivity contribution >= 4 is 10.0 Å². The monoisotopic (exact) mass is 384 g/mol. The third-order valence-electron chi connectivity index (χ3n) is 5.92. The number of aryl methyl sites for hydroxylation is 2. The van der Waals surface area contributed by atoms with Crippen LogP contribution in [-0.2, 0) is 16.4 Å². The summed E-state index contributed by atoms with van der Waals surface area (Å²) in [6.07, 6.45) is 3.26. The van der Waals surface area contributed by atoms with Crippen molar-refractivity contribution in [1.29, 1.82) is 0 Å². The average Bonchev–Trinajstić information content (AvgIpc) is 3.50. The first-order valence-electron chi connectivity index (χ1n) is 9.82. The molecule has 2 fully saturated rings. The molecule has 2 aromatic rings. The summed E-state index contributed by atoms with van der Waals surface area (Å²) in [4.78, 5) is 2.91. The normalized spacial score (nSPS) is 22.1. The fourth-order valence-corrected chi connectivity index (χ4v) is 5.70. The molecule has 1 aliphatic heterocycles. The molecule has 4 rings (SSSR count). The Morgan fingerprint density at radius 3 is 2.37 bits per heavy atom. The van der Waals surface area contributed by atoms with Gasteiger partial charge in [-0.15, -0.1) is 0 Å². The molecular weight excluding hydrogens is 356 g/mol. The zero-order chi connectivity index (χ0) is 19.0. The minimum Gasteiger partial charge on any atom is -0.297 e.